The Morgan fingerprint density at radius 2 is 2.15 bits per heavy atom. The topological polar surface area (TPSA) is 46.3 Å². The zero-order valence-electron chi connectivity index (χ0n) is 7.79. The van der Waals surface area contributed by atoms with Gasteiger partial charge in [0.05, 0.1) is 0 Å². The van der Waals surface area contributed by atoms with Gasteiger partial charge in [0.2, 0.25) is 0 Å². The van der Waals surface area contributed by atoms with Crippen LogP contribution in [0.5, 0.6) is 0 Å². The average Bonchev–Trinajstić information content (AvgIpc) is 2.38. The minimum atomic E-state index is 0.0955. The van der Waals surface area contributed by atoms with E-state index in [-0.39, 0.29) is 5.91 Å². The van der Waals surface area contributed by atoms with Gasteiger partial charge in [-0.1, -0.05) is 0 Å². The van der Waals surface area contributed by atoms with E-state index in [4.69, 9.17) is 5.73 Å². The minimum Gasteiger partial charge on any atom is -0.399 e. The van der Waals surface area contributed by atoms with Crippen molar-refractivity contribution < 1.29 is 4.79 Å². The second kappa shape index (κ2) is 2.49. The van der Waals surface area contributed by atoms with E-state index in [9.17, 15) is 4.79 Å². The summed E-state index contributed by atoms with van der Waals surface area (Å²) in [5.74, 6) is 0.0955. The summed E-state index contributed by atoms with van der Waals surface area (Å²) >= 11 is 0. The van der Waals surface area contributed by atoms with Gasteiger partial charge in [0.15, 0.2) is 0 Å². The predicted octanol–water partition coefficient (Wildman–Crippen LogP) is 1.16. The predicted molar refractivity (Wildman–Crippen MR) is 51.4 cm³/mol. The van der Waals surface area contributed by atoms with Crippen molar-refractivity contribution in [2.75, 3.05) is 12.8 Å². The molecule has 1 aliphatic heterocycles. The number of nitrogens with zero attached hydrogens (tertiary/aromatic N) is 1. The van der Waals surface area contributed by atoms with Crippen LogP contribution in [0.3, 0.4) is 0 Å². The Bertz CT molecular complexity index is 385. The number of nitrogens with two attached hydrogens (primary N) is 1. The van der Waals surface area contributed by atoms with Crippen LogP contribution in [-0.2, 0) is 6.54 Å². The zero-order valence-corrected chi connectivity index (χ0v) is 7.79. The molecule has 1 amide bonds. The summed E-state index contributed by atoms with van der Waals surface area (Å²) in [5, 5.41) is 0. The summed E-state index contributed by atoms with van der Waals surface area (Å²) in [7, 11) is 1.80. The van der Waals surface area contributed by atoms with Gasteiger partial charge in [-0.3, -0.25) is 4.79 Å². The van der Waals surface area contributed by atoms with Crippen molar-refractivity contribution in [3.05, 3.63) is 28.8 Å². The van der Waals surface area contributed by atoms with Gasteiger partial charge in [0.1, 0.15) is 0 Å². The SMILES string of the molecule is Cc1c(N)ccc2c1CN(C)C2=O. The summed E-state index contributed by atoms with van der Waals surface area (Å²) < 4.78 is 0. The van der Waals surface area contributed by atoms with Crippen LogP contribution in [0, 0.1) is 6.92 Å². The standard InChI is InChI=1S/C10H12N2O/c1-6-8-5-12(2)10(13)7(8)3-4-9(6)11/h3-4H,5,11H2,1-2H3. The molecule has 3 heteroatoms. The first-order valence-corrected chi connectivity index (χ1v) is 4.24. The molecule has 2 rings (SSSR count). The van der Waals surface area contributed by atoms with E-state index < -0.39 is 0 Å². The third-order valence-corrected chi connectivity index (χ3v) is 2.61. The van der Waals surface area contributed by atoms with Crippen LogP contribution in [0.1, 0.15) is 21.5 Å². The monoisotopic (exact) mass is 176 g/mol. The number of nitrogen functional groups attached to an aromatic ring is 1. The highest BCUT2D eigenvalue weighted by molar-refractivity contribution is 5.99. The molecule has 0 bridgehead atoms. The van der Waals surface area contributed by atoms with Gasteiger partial charge in [0.25, 0.3) is 5.91 Å². The molecule has 0 saturated carbocycles. The third-order valence-electron chi connectivity index (χ3n) is 2.61. The van der Waals surface area contributed by atoms with Crippen LogP contribution >= 0.6 is 0 Å². The van der Waals surface area contributed by atoms with Crippen LogP contribution in [-0.4, -0.2) is 17.9 Å². The van der Waals surface area contributed by atoms with Crippen LogP contribution in [0.2, 0.25) is 0 Å². The van der Waals surface area contributed by atoms with Crippen molar-refractivity contribution in [1.29, 1.82) is 0 Å². The molecule has 2 N–H and O–H groups in total. The molecule has 68 valence electrons. The van der Waals surface area contributed by atoms with Crippen molar-refractivity contribution in [2.24, 2.45) is 0 Å². The van der Waals surface area contributed by atoms with E-state index in [1.807, 2.05) is 13.0 Å². The van der Waals surface area contributed by atoms with Gasteiger partial charge < -0.3 is 10.6 Å². The maximum Gasteiger partial charge on any atom is 0.254 e. The average molecular weight is 176 g/mol. The molecule has 1 aromatic rings. The number of benzene rings is 1. The first-order valence-electron chi connectivity index (χ1n) is 4.24. The van der Waals surface area contributed by atoms with E-state index in [2.05, 4.69) is 0 Å². The van der Waals surface area contributed by atoms with Gasteiger partial charge in [-0.15, -0.1) is 0 Å². The summed E-state index contributed by atoms with van der Waals surface area (Å²) in [6.45, 7) is 2.64. The fourth-order valence-electron chi connectivity index (χ4n) is 1.69. The number of fused-ring (bicyclic) bond motifs is 1. The van der Waals surface area contributed by atoms with Crippen molar-refractivity contribution in [1.82, 2.24) is 4.90 Å². The lowest BCUT2D eigenvalue weighted by molar-refractivity contribution is 0.0816. The molecule has 0 spiro atoms. The molecule has 0 unspecified atom stereocenters. The Morgan fingerprint density at radius 1 is 1.46 bits per heavy atom. The van der Waals surface area contributed by atoms with E-state index in [1.54, 1.807) is 18.0 Å². The van der Waals surface area contributed by atoms with Crippen LogP contribution in [0.25, 0.3) is 0 Å². The van der Waals surface area contributed by atoms with Crippen LogP contribution < -0.4 is 5.73 Å². The highest BCUT2D eigenvalue weighted by atomic mass is 16.2. The molecule has 0 fully saturated rings. The van der Waals surface area contributed by atoms with Gasteiger partial charge in [-0.2, -0.15) is 0 Å². The Hall–Kier alpha value is -1.51. The summed E-state index contributed by atoms with van der Waals surface area (Å²) in [6, 6.07) is 3.61. The number of hydrogen-bond acceptors (Lipinski definition) is 2. The molecule has 1 aromatic carbocycles. The van der Waals surface area contributed by atoms with Crippen molar-refractivity contribution in [3.63, 3.8) is 0 Å². The first kappa shape index (κ1) is 8.10. The molecule has 13 heavy (non-hydrogen) atoms. The number of rotatable bonds is 0. The fourth-order valence-corrected chi connectivity index (χ4v) is 1.69. The number of amides is 1. The quantitative estimate of drug-likeness (QED) is 0.603. The lowest BCUT2D eigenvalue weighted by atomic mass is 10.0. The van der Waals surface area contributed by atoms with E-state index in [0.717, 1.165) is 22.4 Å². The van der Waals surface area contributed by atoms with Gasteiger partial charge >= 0.3 is 0 Å². The largest absolute Gasteiger partial charge is 0.399 e. The molecular weight excluding hydrogens is 164 g/mol. The number of hydrogen-bond donors (Lipinski definition) is 1. The summed E-state index contributed by atoms with van der Waals surface area (Å²) in [5.41, 5.74) is 9.43. The molecule has 0 radical (unpaired) electrons. The van der Waals surface area contributed by atoms with Crippen LogP contribution in [0.4, 0.5) is 5.69 Å². The van der Waals surface area contributed by atoms with Gasteiger partial charge in [0, 0.05) is 24.8 Å². The summed E-state index contributed by atoms with van der Waals surface area (Å²) in [4.78, 5) is 13.3. The number of carbonyl (C=O) groups is 1. The van der Waals surface area contributed by atoms with Crippen molar-refractivity contribution >= 4 is 11.6 Å². The minimum absolute atomic E-state index is 0.0955. The van der Waals surface area contributed by atoms with Crippen molar-refractivity contribution in [3.8, 4) is 0 Å². The van der Waals surface area contributed by atoms with Gasteiger partial charge in [-0.25, -0.2) is 0 Å². The maximum atomic E-state index is 11.5. The third kappa shape index (κ3) is 1.00. The number of carbonyl (C=O) groups excluding carboxylic acids is 1. The molecule has 0 atom stereocenters. The second-order valence-electron chi connectivity index (χ2n) is 3.47. The Labute approximate surface area is 77.1 Å². The Morgan fingerprint density at radius 3 is 2.85 bits per heavy atom. The highest BCUT2D eigenvalue weighted by Crippen LogP contribution is 2.27. The zero-order chi connectivity index (χ0) is 9.59. The second-order valence-corrected chi connectivity index (χ2v) is 3.47. The highest BCUT2D eigenvalue weighted by Gasteiger charge is 2.25. The Balaban J connectivity index is 2.64. The van der Waals surface area contributed by atoms with E-state index >= 15 is 0 Å². The first-order chi connectivity index (χ1) is 6.11. The molecule has 1 aliphatic rings. The molecular formula is C10H12N2O. The molecule has 0 aromatic heterocycles. The summed E-state index contributed by atoms with van der Waals surface area (Å²) in [6.07, 6.45) is 0. The smallest absolute Gasteiger partial charge is 0.254 e. The van der Waals surface area contributed by atoms with Crippen LogP contribution in [0.15, 0.2) is 12.1 Å². The van der Waals surface area contributed by atoms with E-state index in [1.165, 1.54) is 0 Å². The Kier molecular flexibility index (Phi) is 1.55. The number of anilines is 1. The molecule has 1 heterocycles. The van der Waals surface area contributed by atoms with Crippen molar-refractivity contribution in [2.45, 2.75) is 13.5 Å². The van der Waals surface area contributed by atoms with Gasteiger partial charge in [-0.05, 0) is 30.2 Å². The molecule has 0 saturated heterocycles. The molecule has 0 aliphatic carbocycles. The lowest BCUT2D eigenvalue weighted by Crippen LogP contribution is -2.17. The normalized spacial score (nSPS) is 14.9. The van der Waals surface area contributed by atoms with E-state index in [0.29, 0.717) is 6.54 Å². The molecule has 3 nitrogen and oxygen atoms in total. The maximum absolute atomic E-state index is 11.5. The fraction of sp³-hybridized carbons (Fsp3) is 0.300. The lowest BCUT2D eigenvalue weighted by Gasteiger charge is -2.06.